The third-order valence-electron chi connectivity index (χ3n) is 2.48. The lowest BCUT2D eigenvalue weighted by Crippen LogP contribution is -3.61. The van der Waals surface area contributed by atoms with E-state index in [1.807, 2.05) is 12.1 Å². The molecule has 3 heteroatoms. The van der Waals surface area contributed by atoms with Crippen molar-refractivity contribution in [3.8, 4) is 5.75 Å². The largest absolute Gasteiger partial charge is 0.486 e. The SMILES string of the molecule is CC(=O)COc1ccc([I+]c2ccc(C)cc2)cc1. The standard InChI is InChI=1S/C16H16IO2/c1-12-3-5-14(6-4-12)17-15-7-9-16(10-8-15)19-11-13(2)18/h3-10H,11H2,1-2H3/q+1. The molecule has 0 amide bonds. The Balaban J connectivity index is 1.98. The van der Waals surface area contributed by atoms with Crippen molar-refractivity contribution in [1.82, 2.24) is 0 Å². The minimum absolute atomic E-state index is 0.0381. The highest BCUT2D eigenvalue weighted by atomic mass is 127. The van der Waals surface area contributed by atoms with E-state index in [0.717, 1.165) is 5.75 Å². The van der Waals surface area contributed by atoms with E-state index < -0.39 is 0 Å². The highest BCUT2D eigenvalue weighted by molar-refractivity contribution is 5.77. The Labute approximate surface area is 124 Å². The fraction of sp³-hybridized carbons (Fsp3) is 0.188. The highest BCUT2D eigenvalue weighted by Crippen LogP contribution is 2.08. The Bertz CT molecular complexity index is 544. The smallest absolute Gasteiger partial charge is 0.357 e. The van der Waals surface area contributed by atoms with Crippen molar-refractivity contribution in [2.45, 2.75) is 13.8 Å². The molecule has 0 aromatic heterocycles. The molecule has 2 aromatic carbocycles. The van der Waals surface area contributed by atoms with Crippen LogP contribution in [0, 0.1) is 14.1 Å². The van der Waals surface area contributed by atoms with E-state index in [0.29, 0.717) is 0 Å². The van der Waals surface area contributed by atoms with Crippen LogP contribution in [0.25, 0.3) is 0 Å². The van der Waals surface area contributed by atoms with Crippen molar-refractivity contribution in [3.63, 3.8) is 0 Å². The third kappa shape index (κ3) is 4.67. The van der Waals surface area contributed by atoms with Gasteiger partial charge < -0.3 is 4.74 Å². The molecule has 0 aliphatic carbocycles. The zero-order chi connectivity index (χ0) is 13.7. The molecular formula is C16H16IO2+. The number of hydrogen-bond donors (Lipinski definition) is 0. The van der Waals surface area contributed by atoms with Crippen molar-refractivity contribution in [2.24, 2.45) is 0 Å². The molecule has 0 bridgehead atoms. The van der Waals surface area contributed by atoms with Crippen LogP contribution in [0.4, 0.5) is 0 Å². The van der Waals surface area contributed by atoms with Gasteiger partial charge in [0.1, 0.15) is 12.4 Å². The summed E-state index contributed by atoms with van der Waals surface area (Å²) in [5.74, 6) is 0.794. The number of Topliss-reactive ketones (excluding diaryl/α,β-unsaturated/α-hetero) is 1. The number of aryl methyl sites for hydroxylation is 1. The molecule has 0 aliphatic rings. The first kappa shape index (κ1) is 14.1. The van der Waals surface area contributed by atoms with Gasteiger partial charge in [-0.05, 0) is 50.2 Å². The molecule has 2 aromatic rings. The van der Waals surface area contributed by atoms with E-state index in [9.17, 15) is 4.79 Å². The van der Waals surface area contributed by atoms with E-state index in [-0.39, 0.29) is 33.6 Å². The molecule has 0 fully saturated rings. The van der Waals surface area contributed by atoms with E-state index >= 15 is 0 Å². The second kappa shape index (κ2) is 6.70. The van der Waals surface area contributed by atoms with Crippen LogP contribution >= 0.6 is 0 Å². The molecule has 0 saturated heterocycles. The molecule has 0 radical (unpaired) electrons. The average molecular weight is 367 g/mol. The summed E-state index contributed by atoms with van der Waals surface area (Å²) in [5.41, 5.74) is 1.29. The quantitative estimate of drug-likeness (QED) is 0.701. The topological polar surface area (TPSA) is 26.3 Å². The van der Waals surface area contributed by atoms with Crippen molar-refractivity contribution in [2.75, 3.05) is 6.61 Å². The summed E-state index contributed by atoms with van der Waals surface area (Å²) in [6, 6.07) is 16.7. The van der Waals surface area contributed by atoms with Crippen molar-refractivity contribution in [1.29, 1.82) is 0 Å². The summed E-state index contributed by atoms with van der Waals surface area (Å²) in [7, 11) is 0. The Kier molecular flexibility index (Phi) is 4.96. The van der Waals surface area contributed by atoms with E-state index in [4.69, 9.17) is 4.74 Å². The first-order valence-corrected chi connectivity index (χ1v) is 8.23. The van der Waals surface area contributed by atoms with Gasteiger partial charge in [-0.1, -0.05) is 17.7 Å². The van der Waals surface area contributed by atoms with Gasteiger partial charge in [0.25, 0.3) is 0 Å². The highest BCUT2D eigenvalue weighted by Gasteiger charge is 2.14. The summed E-state index contributed by atoms with van der Waals surface area (Å²) < 4.78 is 8.10. The Morgan fingerprint density at radius 2 is 1.53 bits per heavy atom. The maximum absolute atomic E-state index is 10.8. The zero-order valence-corrected chi connectivity index (χ0v) is 13.2. The predicted molar refractivity (Wildman–Crippen MR) is 71.2 cm³/mol. The molecular weight excluding hydrogens is 351 g/mol. The average Bonchev–Trinajstić information content (AvgIpc) is 2.40. The van der Waals surface area contributed by atoms with Gasteiger partial charge in [0, 0.05) is 0 Å². The second-order valence-corrected chi connectivity index (χ2v) is 7.37. The van der Waals surface area contributed by atoms with Gasteiger partial charge >= 0.3 is 21.2 Å². The van der Waals surface area contributed by atoms with Crippen LogP contribution in [0.15, 0.2) is 48.5 Å². The molecule has 98 valence electrons. The first-order valence-electron chi connectivity index (χ1n) is 6.07. The fourth-order valence-corrected chi connectivity index (χ4v) is 3.66. The Morgan fingerprint density at radius 3 is 2.05 bits per heavy atom. The van der Waals surface area contributed by atoms with E-state index in [2.05, 4.69) is 43.3 Å². The van der Waals surface area contributed by atoms with Crippen molar-refractivity contribution in [3.05, 3.63) is 61.2 Å². The van der Waals surface area contributed by atoms with Crippen LogP contribution in [0.5, 0.6) is 5.75 Å². The number of ketones is 1. The number of ether oxygens (including phenoxy) is 1. The molecule has 2 rings (SSSR count). The molecule has 19 heavy (non-hydrogen) atoms. The van der Waals surface area contributed by atoms with Crippen LogP contribution in [0.2, 0.25) is 0 Å². The molecule has 2 nitrogen and oxygen atoms in total. The summed E-state index contributed by atoms with van der Waals surface area (Å²) >= 11 is -0.142. The number of carbonyl (C=O) groups is 1. The fourth-order valence-electron chi connectivity index (χ4n) is 1.50. The maximum Gasteiger partial charge on any atom is 0.357 e. The zero-order valence-electron chi connectivity index (χ0n) is 11.0. The number of hydrogen-bond acceptors (Lipinski definition) is 2. The molecule has 0 spiro atoms. The number of carbonyl (C=O) groups excluding carboxylic acids is 1. The third-order valence-corrected chi connectivity index (χ3v) is 5.17. The summed E-state index contributed by atoms with van der Waals surface area (Å²) in [5, 5.41) is 0. The monoisotopic (exact) mass is 367 g/mol. The minimum Gasteiger partial charge on any atom is -0.486 e. The molecule has 0 heterocycles. The normalized spacial score (nSPS) is 10.2. The van der Waals surface area contributed by atoms with Crippen molar-refractivity contribution >= 4 is 5.78 Å². The van der Waals surface area contributed by atoms with Crippen LogP contribution < -0.4 is 25.9 Å². The second-order valence-electron chi connectivity index (χ2n) is 4.33. The van der Waals surface area contributed by atoms with Gasteiger partial charge in [-0.25, -0.2) is 0 Å². The molecule has 0 saturated carbocycles. The first-order chi connectivity index (χ1) is 9.13. The minimum atomic E-state index is -0.142. The molecule has 0 unspecified atom stereocenters. The van der Waals surface area contributed by atoms with Gasteiger partial charge in [0.2, 0.25) is 0 Å². The van der Waals surface area contributed by atoms with E-state index in [1.165, 1.54) is 19.6 Å². The van der Waals surface area contributed by atoms with Gasteiger partial charge in [-0.15, -0.1) is 0 Å². The van der Waals surface area contributed by atoms with Gasteiger partial charge in [0.05, 0.1) is 0 Å². The summed E-state index contributed by atoms with van der Waals surface area (Å²) in [6.07, 6.45) is 0. The lowest BCUT2D eigenvalue weighted by Gasteiger charge is -2.01. The van der Waals surface area contributed by atoms with Crippen LogP contribution in [0.1, 0.15) is 12.5 Å². The van der Waals surface area contributed by atoms with Gasteiger partial charge in [-0.2, -0.15) is 0 Å². The van der Waals surface area contributed by atoms with Crippen LogP contribution in [-0.2, 0) is 4.79 Å². The molecule has 0 aliphatic heterocycles. The maximum atomic E-state index is 10.8. The Hall–Kier alpha value is -1.36. The van der Waals surface area contributed by atoms with Gasteiger partial charge in [0.15, 0.2) is 12.9 Å². The number of rotatable bonds is 5. The summed E-state index contributed by atoms with van der Waals surface area (Å²) in [4.78, 5) is 10.8. The summed E-state index contributed by atoms with van der Waals surface area (Å²) in [6.45, 7) is 3.77. The van der Waals surface area contributed by atoms with Gasteiger partial charge in [-0.3, -0.25) is 4.79 Å². The molecule has 0 atom stereocenters. The lowest BCUT2D eigenvalue weighted by atomic mass is 10.2. The van der Waals surface area contributed by atoms with E-state index in [1.54, 1.807) is 0 Å². The Morgan fingerprint density at radius 1 is 1.00 bits per heavy atom. The number of benzene rings is 2. The number of halogens is 1. The van der Waals surface area contributed by atoms with Crippen molar-refractivity contribution < 1.29 is 30.7 Å². The van der Waals surface area contributed by atoms with Crippen LogP contribution in [0.3, 0.4) is 0 Å². The predicted octanol–water partition coefficient (Wildman–Crippen LogP) is 0.0912. The van der Waals surface area contributed by atoms with Crippen LogP contribution in [-0.4, -0.2) is 12.4 Å². The lowest BCUT2D eigenvalue weighted by molar-refractivity contribution is -0.597. The molecule has 0 N–H and O–H groups in total.